The molecular weight excluding hydrogens is 257 g/mol. The SMILES string of the molecule is CC(C)CCC(=O)N1CCOC(c2ccc(F)cc2)C1. The van der Waals surface area contributed by atoms with E-state index in [1.165, 1.54) is 12.1 Å². The van der Waals surface area contributed by atoms with E-state index < -0.39 is 0 Å². The molecule has 1 amide bonds. The molecule has 1 aromatic carbocycles. The van der Waals surface area contributed by atoms with E-state index >= 15 is 0 Å². The second-order valence-electron chi connectivity index (χ2n) is 5.68. The summed E-state index contributed by atoms with van der Waals surface area (Å²) in [6.07, 6.45) is 1.36. The normalized spacial score (nSPS) is 19.4. The largest absolute Gasteiger partial charge is 0.370 e. The predicted molar refractivity (Wildman–Crippen MR) is 75.7 cm³/mol. The maximum atomic E-state index is 12.9. The molecule has 1 fully saturated rings. The Morgan fingerprint density at radius 2 is 2.10 bits per heavy atom. The highest BCUT2D eigenvalue weighted by Crippen LogP contribution is 2.23. The van der Waals surface area contributed by atoms with Crippen LogP contribution in [0, 0.1) is 11.7 Å². The van der Waals surface area contributed by atoms with E-state index in [0.717, 1.165) is 12.0 Å². The first kappa shape index (κ1) is 15.0. The molecule has 110 valence electrons. The minimum absolute atomic E-state index is 0.146. The van der Waals surface area contributed by atoms with Crippen LogP contribution in [0.25, 0.3) is 0 Å². The van der Waals surface area contributed by atoms with Crippen molar-refractivity contribution >= 4 is 5.91 Å². The molecule has 0 spiro atoms. The zero-order valence-electron chi connectivity index (χ0n) is 12.1. The fraction of sp³-hybridized carbons (Fsp3) is 0.562. The van der Waals surface area contributed by atoms with Crippen molar-refractivity contribution in [2.75, 3.05) is 19.7 Å². The molecule has 1 unspecified atom stereocenters. The van der Waals surface area contributed by atoms with Crippen molar-refractivity contribution in [1.29, 1.82) is 0 Å². The van der Waals surface area contributed by atoms with Crippen molar-refractivity contribution in [3.8, 4) is 0 Å². The summed E-state index contributed by atoms with van der Waals surface area (Å²) >= 11 is 0. The monoisotopic (exact) mass is 279 g/mol. The zero-order valence-corrected chi connectivity index (χ0v) is 12.1. The number of rotatable bonds is 4. The maximum absolute atomic E-state index is 12.9. The van der Waals surface area contributed by atoms with Gasteiger partial charge < -0.3 is 9.64 Å². The number of morpholine rings is 1. The number of benzene rings is 1. The van der Waals surface area contributed by atoms with Gasteiger partial charge in [-0.15, -0.1) is 0 Å². The van der Waals surface area contributed by atoms with E-state index in [9.17, 15) is 9.18 Å². The minimum Gasteiger partial charge on any atom is -0.370 e. The van der Waals surface area contributed by atoms with Gasteiger partial charge in [-0.25, -0.2) is 4.39 Å². The number of nitrogens with zero attached hydrogens (tertiary/aromatic N) is 1. The Labute approximate surface area is 119 Å². The Bertz CT molecular complexity index is 444. The molecule has 1 aliphatic heterocycles. The third kappa shape index (κ3) is 4.04. The Hall–Kier alpha value is -1.42. The molecule has 0 saturated carbocycles. The van der Waals surface area contributed by atoms with Crippen molar-refractivity contribution in [1.82, 2.24) is 4.90 Å². The van der Waals surface area contributed by atoms with Crippen LogP contribution in [0.5, 0.6) is 0 Å². The highest BCUT2D eigenvalue weighted by Gasteiger charge is 2.25. The summed E-state index contributed by atoms with van der Waals surface area (Å²) in [6, 6.07) is 6.31. The Morgan fingerprint density at radius 3 is 2.75 bits per heavy atom. The molecule has 1 aliphatic rings. The van der Waals surface area contributed by atoms with Crippen LogP contribution in [0.15, 0.2) is 24.3 Å². The van der Waals surface area contributed by atoms with Gasteiger partial charge in [-0.3, -0.25) is 4.79 Å². The molecule has 0 aliphatic carbocycles. The molecule has 4 heteroatoms. The lowest BCUT2D eigenvalue weighted by molar-refractivity contribution is -0.139. The smallest absolute Gasteiger partial charge is 0.222 e. The highest BCUT2D eigenvalue weighted by atomic mass is 19.1. The Balaban J connectivity index is 1.94. The van der Waals surface area contributed by atoms with E-state index in [-0.39, 0.29) is 17.8 Å². The van der Waals surface area contributed by atoms with Gasteiger partial charge in [0.2, 0.25) is 5.91 Å². The molecule has 20 heavy (non-hydrogen) atoms. The first-order valence-corrected chi connectivity index (χ1v) is 7.21. The minimum atomic E-state index is -0.255. The molecule has 1 saturated heterocycles. The number of carbonyl (C=O) groups is 1. The third-order valence-corrected chi connectivity index (χ3v) is 3.60. The van der Waals surface area contributed by atoms with Crippen LogP contribution in [-0.2, 0) is 9.53 Å². The molecule has 1 heterocycles. The average molecular weight is 279 g/mol. The van der Waals surface area contributed by atoms with Crippen LogP contribution < -0.4 is 0 Å². The molecule has 2 rings (SSSR count). The maximum Gasteiger partial charge on any atom is 0.222 e. The van der Waals surface area contributed by atoms with Gasteiger partial charge in [0, 0.05) is 13.0 Å². The summed E-state index contributed by atoms with van der Waals surface area (Å²) in [5, 5.41) is 0. The molecular formula is C16H22FNO2. The lowest BCUT2D eigenvalue weighted by Crippen LogP contribution is -2.42. The van der Waals surface area contributed by atoms with Crippen molar-refractivity contribution < 1.29 is 13.9 Å². The van der Waals surface area contributed by atoms with E-state index in [1.54, 1.807) is 12.1 Å². The average Bonchev–Trinajstić information content (AvgIpc) is 2.45. The molecule has 0 radical (unpaired) electrons. The van der Waals surface area contributed by atoms with Gasteiger partial charge in [-0.05, 0) is 30.0 Å². The fourth-order valence-electron chi connectivity index (χ4n) is 2.33. The van der Waals surface area contributed by atoms with Gasteiger partial charge in [0.15, 0.2) is 0 Å². The molecule has 3 nitrogen and oxygen atoms in total. The number of hydrogen-bond donors (Lipinski definition) is 0. The Kier molecular flexibility index (Phi) is 5.12. The number of halogens is 1. The van der Waals surface area contributed by atoms with Crippen LogP contribution in [0.2, 0.25) is 0 Å². The second-order valence-corrected chi connectivity index (χ2v) is 5.68. The van der Waals surface area contributed by atoms with Crippen molar-refractivity contribution in [3.05, 3.63) is 35.6 Å². The molecule has 0 N–H and O–H groups in total. The molecule has 0 bridgehead atoms. The molecule has 1 aromatic rings. The van der Waals surface area contributed by atoms with Crippen LogP contribution in [0.4, 0.5) is 4.39 Å². The van der Waals surface area contributed by atoms with E-state index in [0.29, 0.717) is 32.0 Å². The topological polar surface area (TPSA) is 29.5 Å². The van der Waals surface area contributed by atoms with Crippen LogP contribution >= 0.6 is 0 Å². The zero-order chi connectivity index (χ0) is 14.5. The second kappa shape index (κ2) is 6.84. The summed E-state index contributed by atoms with van der Waals surface area (Å²) in [7, 11) is 0. The quantitative estimate of drug-likeness (QED) is 0.847. The van der Waals surface area contributed by atoms with E-state index in [4.69, 9.17) is 4.74 Å². The van der Waals surface area contributed by atoms with Crippen molar-refractivity contribution in [2.24, 2.45) is 5.92 Å². The summed E-state index contributed by atoms with van der Waals surface area (Å²) in [5.41, 5.74) is 0.924. The van der Waals surface area contributed by atoms with E-state index in [2.05, 4.69) is 13.8 Å². The molecule has 0 aromatic heterocycles. The fourth-order valence-corrected chi connectivity index (χ4v) is 2.33. The standard InChI is InChI=1S/C16H22FNO2/c1-12(2)3-8-16(19)18-9-10-20-15(11-18)13-4-6-14(17)7-5-13/h4-7,12,15H,3,8-11H2,1-2H3. The van der Waals surface area contributed by atoms with E-state index in [1.807, 2.05) is 4.90 Å². The first-order chi connectivity index (χ1) is 9.56. The van der Waals surface area contributed by atoms with Gasteiger partial charge >= 0.3 is 0 Å². The number of carbonyl (C=O) groups excluding carboxylic acids is 1. The van der Waals surface area contributed by atoms with Crippen LogP contribution in [-0.4, -0.2) is 30.5 Å². The van der Waals surface area contributed by atoms with Gasteiger partial charge in [0.25, 0.3) is 0 Å². The van der Waals surface area contributed by atoms with Crippen LogP contribution in [0.3, 0.4) is 0 Å². The summed E-state index contributed by atoms with van der Waals surface area (Å²) in [5.74, 6) is 0.469. The van der Waals surface area contributed by atoms with Gasteiger partial charge in [0.05, 0.1) is 13.2 Å². The number of ether oxygens (including phenoxy) is 1. The van der Waals surface area contributed by atoms with Gasteiger partial charge in [-0.2, -0.15) is 0 Å². The first-order valence-electron chi connectivity index (χ1n) is 7.21. The van der Waals surface area contributed by atoms with Gasteiger partial charge in [-0.1, -0.05) is 26.0 Å². The summed E-state index contributed by atoms with van der Waals surface area (Å²) < 4.78 is 18.6. The van der Waals surface area contributed by atoms with Crippen molar-refractivity contribution in [3.63, 3.8) is 0 Å². The Morgan fingerprint density at radius 1 is 1.40 bits per heavy atom. The number of amides is 1. The highest BCUT2D eigenvalue weighted by molar-refractivity contribution is 5.76. The third-order valence-electron chi connectivity index (χ3n) is 3.60. The van der Waals surface area contributed by atoms with Crippen LogP contribution in [0.1, 0.15) is 38.4 Å². The summed E-state index contributed by atoms with van der Waals surface area (Å²) in [4.78, 5) is 14.0. The number of hydrogen-bond acceptors (Lipinski definition) is 2. The van der Waals surface area contributed by atoms with Gasteiger partial charge in [0.1, 0.15) is 11.9 Å². The lowest BCUT2D eigenvalue weighted by Gasteiger charge is -2.33. The molecule has 1 atom stereocenters. The van der Waals surface area contributed by atoms with Crippen molar-refractivity contribution in [2.45, 2.75) is 32.8 Å². The lowest BCUT2D eigenvalue weighted by atomic mass is 10.1. The summed E-state index contributed by atoms with van der Waals surface area (Å²) in [6.45, 7) is 5.98. The predicted octanol–water partition coefficient (Wildman–Crippen LogP) is 3.16.